The molecule has 3 aliphatic rings. The molecule has 3 aliphatic heterocycles. The smallest absolute Gasteiger partial charge is 0.325 e. The van der Waals surface area contributed by atoms with Crippen molar-refractivity contribution in [3.05, 3.63) is 69.9 Å². The van der Waals surface area contributed by atoms with Gasteiger partial charge in [0, 0.05) is 43.7 Å². The molecule has 3 atom stereocenters. The summed E-state index contributed by atoms with van der Waals surface area (Å²) in [6, 6.07) is 9.76. The van der Waals surface area contributed by atoms with Gasteiger partial charge in [-0.2, -0.15) is 0 Å². The molecular formula is C24H25FN4O4. The Morgan fingerprint density at radius 3 is 2.70 bits per heavy atom. The average Bonchev–Trinajstić information content (AvgIpc) is 3.05. The van der Waals surface area contributed by atoms with Gasteiger partial charge in [-0.15, -0.1) is 0 Å². The highest BCUT2D eigenvalue weighted by Gasteiger charge is 2.39. The highest BCUT2D eigenvalue weighted by molar-refractivity contribution is 6.04. The second kappa shape index (κ2) is 8.46. The van der Waals surface area contributed by atoms with Crippen molar-refractivity contribution in [1.29, 1.82) is 0 Å². The van der Waals surface area contributed by atoms with Gasteiger partial charge in [0.05, 0.1) is 6.54 Å². The van der Waals surface area contributed by atoms with Crippen LogP contribution in [-0.4, -0.2) is 51.3 Å². The van der Waals surface area contributed by atoms with E-state index in [9.17, 15) is 23.6 Å². The Labute approximate surface area is 190 Å². The second-order valence-corrected chi connectivity index (χ2v) is 9.09. The minimum absolute atomic E-state index is 0.000240. The van der Waals surface area contributed by atoms with E-state index in [4.69, 9.17) is 0 Å². The second-order valence-electron chi connectivity index (χ2n) is 9.09. The van der Waals surface area contributed by atoms with Crippen LogP contribution in [0.15, 0.2) is 47.3 Å². The Morgan fingerprint density at radius 1 is 1.06 bits per heavy atom. The van der Waals surface area contributed by atoms with Crippen LogP contribution in [0, 0.1) is 11.7 Å². The summed E-state index contributed by atoms with van der Waals surface area (Å²) in [7, 11) is 0. The van der Waals surface area contributed by atoms with Crippen molar-refractivity contribution in [2.45, 2.75) is 44.3 Å². The molecule has 4 heterocycles. The summed E-state index contributed by atoms with van der Waals surface area (Å²) in [5.41, 5.74) is 1.50. The first-order valence-electron chi connectivity index (χ1n) is 11.2. The number of halogens is 1. The summed E-state index contributed by atoms with van der Waals surface area (Å²) < 4.78 is 15.2. The molecule has 1 aromatic carbocycles. The minimum atomic E-state index is -0.765. The SMILES string of the molecule is O=C(CC[C@@H]1NC(=O)N(Cc2cccc(F)c2)C1=O)N1C[C@@H]2C[C@H](C1)c1cccc(=O)n1C2. The van der Waals surface area contributed by atoms with Gasteiger partial charge in [0.1, 0.15) is 11.9 Å². The Morgan fingerprint density at radius 2 is 1.88 bits per heavy atom. The van der Waals surface area contributed by atoms with Gasteiger partial charge in [0.25, 0.3) is 11.5 Å². The monoisotopic (exact) mass is 452 g/mol. The third-order valence-corrected chi connectivity index (χ3v) is 6.82. The molecule has 0 radical (unpaired) electrons. The van der Waals surface area contributed by atoms with Crippen molar-refractivity contribution >= 4 is 17.8 Å². The quantitative estimate of drug-likeness (QED) is 0.701. The van der Waals surface area contributed by atoms with Gasteiger partial charge in [0.2, 0.25) is 5.91 Å². The third-order valence-electron chi connectivity index (χ3n) is 6.82. The van der Waals surface area contributed by atoms with E-state index in [-0.39, 0.29) is 42.7 Å². The summed E-state index contributed by atoms with van der Waals surface area (Å²) in [6.45, 7) is 1.74. The number of hydrogen-bond acceptors (Lipinski definition) is 4. The number of hydrogen-bond donors (Lipinski definition) is 1. The molecule has 172 valence electrons. The summed E-state index contributed by atoms with van der Waals surface area (Å²) in [5, 5.41) is 2.64. The predicted molar refractivity (Wildman–Crippen MR) is 117 cm³/mol. The first-order chi connectivity index (χ1) is 15.9. The number of likely N-dealkylation sites (tertiary alicyclic amines) is 1. The van der Waals surface area contributed by atoms with Gasteiger partial charge < -0.3 is 14.8 Å². The van der Waals surface area contributed by atoms with Crippen molar-refractivity contribution in [2.24, 2.45) is 5.92 Å². The molecule has 1 aromatic heterocycles. The molecular weight excluding hydrogens is 427 g/mol. The topological polar surface area (TPSA) is 91.7 Å². The van der Waals surface area contributed by atoms with Crippen LogP contribution in [0.3, 0.4) is 0 Å². The molecule has 5 rings (SSSR count). The predicted octanol–water partition coefficient (Wildman–Crippen LogP) is 1.83. The lowest BCUT2D eigenvalue weighted by atomic mass is 9.83. The van der Waals surface area contributed by atoms with E-state index in [0.29, 0.717) is 25.2 Å². The van der Waals surface area contributed by atoms with Gasteiger partial charge in [-0.05, 0) is 42.5 Å². The Balaban J connectivity index is 1.19. The van der Waals surface area contributed by atoms with Crippen LogP contribution in [-0.2, 0) is 22.7 Å². The molecule has 0 aliphatic carbocycles. The fraction of sp³-hybridized carbons (Fsp3) is 0.417. The molecule has 2 aromatic rings. The molecule has 2 fully saturated rings. The fourth-order valence-electron chi connectivity index (χ4n) is 5.27. The molecule has 8 nitrogen and oxygen atoms in total. The molecule has 2 bridgehead atoms. The molecule has 4 amide bonds. The van der Waals surface area contributed by atoms with Crippen molar-refractivity contribution in [1.82, 2.24) is 19.7 Å². The number of aromatic nitrogens is 1. The molecule has 9 heteroatoms. The van der Waals surface area contributed by atoms with Crippen LogP contribution >= 0.6 is 0 Å². The summed E-state index contributed by atoms with van der Waals surface area (Å²) >= 11 is 0. The maximum atomic E-state index is 13.4. The molecule has 33 heavy (non-hydrogen) atoms. The summed E-state index contributed by atoms with van der Waals surface area (Å²) in [6.07, 6.45) is 1.32. The maximum absolute atomic E-state index is 13.4. The van der Waals surface area contributed by atoms with E-state index in [1.165, 1.54) is 18.2 Å². The fourth-order valence-corrected chi connectivity index (χ4v) is 5.27. The number of carbonyl (C=O) groups is 3. The van der Waals surface area contributed by atoms with Crippen LogP contribution < -0.4 is 10.9 Å². The van der Waals surface area contributed by atoms with Gasteiger partial charge in [0.15, 0.2) is 0 Å². The summed E-state index contributed by atoms with van der Waals surface area (Å²) in [4.78, 5) is 53.0. The first kappa shape index (κ1) is 21.4. The largest absolute Gasteiger partial charge is 0.342 e. The Kier molecular flexibility index (Phi) is 5.47. The number of imide groups is 1. The highest BCUT2D eigenvalue weighted by Crippen LogP contribution is 2.35. The van der Waals surface area contributed by atoms with E-state index in [2.05, 4.69) is 5.32 Å². The van der Waals surface area contributed by atoms with Crippen molar-refractivity contribution in [3.63, 3.8) is 0 Å². The zero-order chi connectivity index (χ0) is 23.1. The van der Waals surface area contributed by atoms with Crippen LogP contribution in [0.2, 0.25) is 0 Å². The van der Waals surface area contributed by atoms with E-state index < -0.39 is 23.8 Å². The minimum Gasteiger partial charge on any atom is -0.342 e. The van der Waals surface area contributed by atoms with Crippen LogP contribution in [0.4, 0.5) is 9.18 Å². The third kappa shape index (κ3) is 4.15. The lowest BCUT2D eigenvalue weighted by Gasteiger charge is -2.42. The number of nitrogens with one attached hydrogen (secondary N) is 1. The van der Waals surface area contributed by atoms with Crippen molar-refractivity contribution in [2.75, 3.05) is 13.1 Å². The normalized spacial score (nSPS) is 24.0. The van der Waals surface area contributed by atoms with E-state index in [0.717, 1.165) is 17.0 Å². The molecule has 0 spiro atoms. The summed E-state index contributed by atoms with van der Waals surface area (Å²) in [5.74, 6) is -0.525. The van der Waals surface area contributed by atoms with Gasteiger partial charge in [-0.3, -0.25) is 19.3 Å². The highest BCUT2D eigenvalue weighted by atomic mass is 19.1. The number of carbonyl (C=O) groups excluding carboxylic acids is 3. The zero-order valence-corrected chi connectivity index (χ0v) is 18.1. The van der Waals surface area contributed by atoms with E-state index in [1.54, 1.807) is 18.2 Å². The Bertz CT molecular complexity index is 1180. The number of rotatable bonds is 5. The molecule has 0 saturated carbocycles. The number of amides is 4. The van der Waals surface area contributed by atoms with Crippen LogP contribution in [0.5, 0.6) is 0 Å². The lowest BCUT2D eigenvalue weighted by molar-refractivity contribution is -0.134. The van der Waals surface area contributed by atoms with Crippen molar-refractivity contribution in [3.8, 4) is 0 Å². The number of nitrogens with zero attached hydrogens (tertiary/aromatic N) is 3. The van der Waals surface area contributed by atoms with E-state index in [1.807, 2.05) is 15.5 Å². The van der Waals surface area contributed by atoms with Crippen LogP contribution in [0.1, 0.15) is 36.4 Å². The average molecular weight is 452 g/mol. The number of benzene rings is 1. The standard InChI is InChI=1S/C24H25FN4O4/c25-18-4-1-3-15(10-18)12-29-23(32)19(26-24(29)33)7-8-21(30)27-11-16-9-17(14-27)20-5-2-6-22(31)28(20)13-16/h1-6,10,16-17,19H,7-9,11-14H2,(H,26,33)/t16-,17+,19-/m0/s1. The van der Waals surface area contributed by atoms with E-state index >= 15 is 0 Å². The van der Waals surface area contributed by atoms with Gasteiger partial charge >= 0.3 is 6.03 Å². The van der Waals surface area contributed by atoms with Gasteiger partial charge in [-0.25, -0.2) is 9.18 Å². The van der Waals surface area contributed by atoms with Crippen LogP contribution in [0.25, 0.3) is 0 Å². The molecule has 1 N–H and O–H groups in total. The Hall–Kier alpha value is -3.49. The lowest BCUT2D eigenvalue weighted by Crippen LogP contribution is -2.49. The number of pyridine rings is 1. The molecule has 2 saturated heterocycles. The number of urea groups is 1. The van der Waals surface area contributed by atoms with Gasteiger partial charge in [-0.1, -0.05) is 18.2 Å². The number of fused-ring (bicyclic) bond motifs is 4. The molecule has 0 unspecified atom stereocenters. The first-order valence-corrected chi connectivity index (χ1v) is 11.2. The maximum Gasteiger partial charge on any atom is 0.325 e. The zero-order valence-electron chi connectivity index (χ0n) is 18.1. The van der Waals surface area contributed by atoms with Crippen molar-refractivity contribution < 1.29 is 18.8 Å². The number of piperidine rings is 1.